The highest BCUT2D eigenvalue weighted by Crippen LogP contribution is 2.31. The van der Waals surface area contributed by atoms with E-state index in [1.807, 2.05) is 18.7 Å². The summed E-state index contributed by atoms with van der Waals surface area (Å²) in [5.41, 5.74) is 2.25. The number of rotatable bonds is 5. The lowest BCUT2D eigenvalue weighted by Crippen LogP contribution is -2.34. The van der Waals surface area contributed by atoms with E-state index in [4.69, 9.17) is 11.6 Å². The molecule has 1 aliphatic carbocycles. The average molecular weight is 256 g/mol. The maximum Gasteiger partial charge on any atom is 0.131 e. The van der Waals surface area contributed by atoms with Crippen molar-refractivity contribution in [2.45, 2.75) is 39.0 Å². The normalized spacial score (nSPS) is 16.0. The zero-order valence-electron chi connectivity index (χ0n) is 11.0. The summed E-state index contributed by atoms with van der Waals surface area (Å²) in [6, 6.07) is 0. The second-order valence-corrected chi connectivity index (χ2v) is 5.25. The van der Waals surface area contributed by atoms with Crippen molar-refractivity contribution < 1.29 is 0 Å². The van der Waals surface area contributed by atoms with Gasteiger partial charge in [0, 0.05) is 25.7 Å². The molecule has 1 heterocycles. The molecule has 0 radical (unpaired) electrons. The van der Waals surface area contributed by atoms with Crippen LogP contribution in [0.5, 0.6) is 0 Å². The fourth-order valence-corrected chi connectivity index (χ4v) is 2.91. The molecule has 0 bridgehead atoms. The molecule has 1 fully saturated rings. The van der Waals surface area contributed by atoms with Crippen molar-refractivity contribution in [1.82, 2.24) is 9.78 Å². The number of aromatic nitrogens is 2. The number of alkyl halides is 1. The van der Waals surface area contributed by atoms with Gasteiger partial charge >= 0.3 is 0 Å². The molecule has 0 unspecified atom stereocenters. The molecule has 96 valence electrons. The van der Waals surface area contributed by atoms with Gasteiger partial charge < -0.3 is 4.90 Å². The van der Waals surface area contributed by atoms with Crippen LogP contribution in [0.15, 0.2) is 0 Å². The highest BCUT2D eigenvalue weighted by Gasteiger charge is 2.24. The Kier molecular flexibility index (Phi) is 3.97. The third kappa shape index (κ3) is 2.44. The smallest absolute Gasteiger partial charge is 0.131 e. The first-order chi connectivity index (χ1) is 8.17. The number of nitrogens with zero attached hydrogens (tertiary/aromatic N) is 3. The van der Waals surface area contributed by atoms with E-state index in [2.05, 4.69) is 16.9 Å². The molecule has 1 aliphatic rings. The van der Waals surface area contributed by atoms with Gasteiger partial charge in [0.1, 0.15) is 5.82 Å². The van der Waals surface area contributed by atoms with Gasteiger partial charge in [-0.3, -0.25) is 4.68 Å². The topological polar surface area (TPSA) is 21.1 Å². The molecule has 0 atom stereocenters. The summed E-state index contributed by atoms with van der Waals surface area (Å²) in [4.78, 5) is 2.43. The Morgan fingerprint density at radius 1 is 1.47 bits per heavy atom. The highest BCUT2D eigenvalue weighted by atomic mass is 35.5. The molecule has 1 aromatic heterocycles. The Balaban J connectivity index is 2.22. The minimum Gasteiger partial charge on any atom is -0.357 e. The second kappa shape index (κ2) is 5.30. The zero-order valence-corrected chi connectivity index (χ0v) is 11.8. The molecule has 2 rings (SSSR count). The third-order valence-electron chi connectivity index (χ3n) is 3.83. The van der Waals surface area contributed by atoms with Crippen molar-refractivity contribution in [3.63, 3.8) is 0 Å². The lowest BCUT2D eigenvalue weighted by molar-refractivity contribution is 0.317. The van der Waals surface area contributed by atoms with Crippen molar-refractivity contribution in [2.75, 3.05) is 18.0 Å². The molecule has 17 heavy (non-hydrogen) atoms. The van der Waals surface area contributed by atoms with Crippen molar-refractivity contribution in [3.8, 4) is 0 Å². The maximum atomic E-state index is 6.06. The van der Waals surface area contributed by atoms with Gasteiger partial charge in [-0.25, -0.2) is 0 Å². The van der Waals surface area contributed by atoms with Gasteiger partial charge in [-0.1, -0.05) is 6.42 Å². The van der Waals surface area contributed by atoms with Crippen LogP contribution in [-0.4, -0.2) is 22.9 Å². The second-order valence-electron chi connectivity index (χ2n) is 4.98. The molecule has 0 saturated heterocycles. The Labute approximate surface area is 109 Å². The van der Waals surface area contributed by atoms with Gasteiger partial charge in [-0.05, 0) is 32.6 Å². The first-order valence-electron chi connectivity index (χ1n) is 6.50. The van der Waals surface area contributed by atoms with E-state index in [0.29, 0.717) is 5.88 Å². The summed E-state index contributed by atoms with van der Waals surface area (Å²) >= 11 is 6.06. The SMILES string of the molecule is CCN(CC1CCC1)c1c(CCl)c(C)nn1C. The van der Waals surface area contributed by atoms with Crippen molar-refractivity contribution in [2.24, 2.45) is 13.0 Å². The Morgan fingerprint density at radius 3 is 2.65 bits per heavy atom. The lowest BCUT2D eigenvalue weighted by atomic mass is 9.85. The van der Waals surface area contributed by atoms with Crippen molar-refractivity contribution in [3.05, 3.63) is 11.3 Å². The number of hydrogen-bond donors (Lipinski definition) is 0. The van der Waals surface area contributed by atoms with Crippen LogP contribution in [0.2, 0.25) is 0 Å². The molecule has 1 saturated carbocycles. The largest absolute Gasteiger partial charge is 0.357 e. The van der Waals surface area contributed by atoms with Gasteiger partial charge in [-0.15, -0.1) is 11.6 Å². The quantitative estimate of drug-likeness (QED) is 0.754. The summed E-state index contributed by atoms with van der Waals surface area (Å²) in [5.74, 6) is 2.64. The van der Waals surface area contributed by atoms with Crippen LogP contribution in [0, 0.1) is 12.8 Å². The first-order valence-corrected chi connectivity index (χ1v) is 7.04. The van der Waals surface area contributed by atoms with Gasteiger partial charge in [0.05, 0.1) is 11.6 Å². The van der Waals surface area contributed by atoms with Gasteiger partial charge in [-0.2, -0.15) is 5.10 Å². The molecular formula is C13H22ClN3. The first kappa shape index (κ1) is 12.7. The molecule has 0 spiro atoms. The minimum atomic E-state index is 0.552. The van der Waals surface area contributed by atoms with Crippen LogP contribution in [-0.2, 0) is 12.9 Å². The van der Waals surface area contributed by atoms with Crippen LogP contribution in [0.3, 0.4) is 0 Å². The maximum absolute atomic E-state index is 6.06. The van der Waals surface area contributed by atoms with Gasteiger partial charge in [0.2, 0.25) is 0 Å². The summed E-state index contributed by atoms with van der Waals surface area (Å²) in [7, 11) is 2.02. The number of aryl methyl sites for hydroxylation is 2. The highest BCUT2D eigenvalue weighted by molar-refractivity contribution is 6.17. The van der Waals surface area contributed by atoms with Crippen LogP contribution < -0.4 is 4.90 Å². The molecule has 3 nitrogen and oxygen atoms in total. The standard InChI is InChI=1S/C13H22ClN3/c1-4-17(9-11-6-5-7-11)13-12(8-14)10(2)15-16(13)3/h11H,4-9H2,1-3H3. The fourth-order valence-electron chi connectivity index (χ4n) is 2.59. The van der Waals surface area contributed by atoms with E-state index in [0.717, 1.165) is 24.7 Å². The third-order valence-corrected chi connectivity index (χ3v) is 4.10. The fraction of sp³-hybridized carbons (Fsp3) is 0.769. The van der Waals surface area contributed by atoms with Gasteiger partial charge in [0.15, 0.2) is 0 Å². The minimum absolute atomic E-state index is 0.552. The Bertz CT molecular complexity index is 382. The summed E-state index contributed by atoms with van der Waals surface area (Å²) in [6.07, 6.45) is 4.15. The molecule has 0 amide bonds. The van der Waals surface area contributed by atoms with Gasteiger partial charge in [0.25, 0.3) is 0 Å². The average Bonchev–Trinajstić information content (AvgIpc) is 2.52. The molecule has 1 aromatic rings. The van der Waals surface area contributed by atoms with E-state index < -0.39 is 0 Å². The summed E-state index contributed by atoms with van der Waals surface area (Å²) in [5, 5.41) is 4.49. The van der Waals surface area contributed by atoms with E-state index >= 15 is 0 Å². The van der Waals surface area contributed by atoms with Crippen molar-refractivity contribution in [1.29, 1.82) is 0 Å². The predicted octanol–water partition coefficient (Wildman–Crippen LogP) is 3.09. The van der Waals surface area contributed by atoms with Crippen LogP contribution in [0.1, 0.15) is 37.4 Å². The van der Waals surface area contributed by atoms with E-state index in [9.17, 15) is 0 Å². The van der Waals surface area contributed by atoms with E-state index in [1.54, 1.807) is 0 Å². The van der Waals surface area contributed by atoms with Crippen molar-refractivity contribution >= 4 is 17.4 Å². The summed E-state index contributed by atoms with van der Waals surface area (Å²) in [6.45, 7) is 6.43. The monoisotopic (exact) mass is 255 g/mol. The lowest BCUT2D eigenvalue weighted by Gasteiger charge is -2.33. The number of anilines is 1. The zero-order chi connectivity index (χ0) is 12.4. The molecule has 0 aliphatic heterocycles. The van der Waals surface area contributed by atoms with E-state index in [1.165, 1.54) is 30.6 Å². The Hall–Kier alpha value is -0.700. The molecule has 0 aromatic carbocycles. The predicted molar refractivity (Wildman–Crippen MR) is 72.7 cm³/mol. The van der Waals surface area contributed by atoms with E-state index in [-0.39, 0.29) is 0 Å². The number of halogens is 1. The molecule has 0 N–H and O–H groups in total. The Morgan fingerprint density at radius 2 is 2.18 bits per heavy atom. The number of hydrogen-bond acceptors (Lipinski definition) is 2. The molecular weight excluding hydrogens is 234 g/mol. The van der Waals surface area contributed by atoms with Crippen LogP contribution in [0.4, 0.5) is 5.82 Å². The van der Waals surface area contributed by atoms with Crippen LogP contribution in [0.25, 0.3) is 0 Å². The molecule has 4 heteroatoms. The summed E-state index contributed by atoms with van der Waals surface area (Å²) < 4.78 is 1.98. The van der Waals surface area contributed by atoms with Crippen LogP contribution >= 0.6 is 11.6 Å².